The Hall–Kier alpha value is -2.84. The van der Waals surface area contributed by atoms with Crippen LogP contribution in [0.3, 0.4) is 0 Å². The average Bonchev–Trinajstić information content (AvgIpc) is 3.05. The Kier molecular flexibility index (Phi) is 5.59. The predicted molar refractivity (Wildman–Crippen MR) is 107 cm³/mol. The number of aromatic nitrogens is 1. The van der Waals surface area contributed by atoms with E-state index >= 15 is 0 Å². The minimum Gasteiger partial charge on any atom is -0.491 e. The van der Waals surface area contributed by atoms with E-state index < -0.39 is 0 Å². The van der Waals surface area contributed by atoms with Gasteiger partial charge in [-0.3, -0.25) is 14.9 Å². The number of imide groups is 1. The van der Waals surface area contributed by atoms with Gasteiger partial charge >= 0.3 is 0 Å². The molecule has 3 heterocycles. The number of thioether (sulfide) groups is 1. The van der Waals surface area contributed by atoms with Crippen LogP contribution in [0, 0.1) is 0 Å². The molecule has 2 aromatic rings. The van der Waals surface area contributed by atoms with Crippen LogP contribution in [0.25, 0.3) is 6.08 Å². The van der Waals surface area contributed by atoms with E-state index in [0.717, 1.165) is 42.0 Å². The molecular weight excluding hydrogens is 378 g/mol. The van der Waals surface area contributed by atoms with Crippen LogP contribution in [0.15, 0.2) is 53.6 Å². The molecule has 1 N–H and O–H groups in total. The maximum Gasteiger partial charge on any atom is 0.290 e. The lowest BCUT2D eigenvalue weighted by molar-refractivity contribution is -0.115. The van der Waals surface area contributed by atoms with Gasteiger partial charge in [-0.25, -0.2) is 4.98 Å². The summed E-state index contributed by atoms with van der Waals surface area (Å²) in [5.41, 5.74) is 0.829. The Morgan fingerprint density at radius 2 is 2.11 bits per heavy atom. The number of carbonyl (C=O) groups is 2. The fourth-order valence-corrected chi connectivity index (χ4v) is 3.67. The number of carbonyl (C=O) groups excluding carboxylic acids is 2. The van der Waals surface area contributed by atoms with Gasteiger partial charge in [0.15, 0.2) is 0 Å². The van der Waals surface area contributed by atoms with Crippen molar-refractivity contribution in [1.29, 1.82) is 0 Å². The first-order valence-electron chi connectivity index (χ1n) is 8.93. The Balaban J connectivity index is 1.32. The quantitative estimate of drug-likeness (QED) is 0.777. The SMILES string of the molecule is O=C1NC(=O)C(=Cc2ccc(OCC3CN(c4ccccn4)CCO3)cc2)S1. The zero-order valence-corrected chi connectivity index (χ0v) is 15.9. The first kappa shape index (κ1) is 18.5. The van der Waals surface area contributed by atoms with Gasteiger partial charge < -0.3 is 14.4 Å². The zero-order valence-electron chi connectivity index (χ0n) is 15.0. The van der Waals surface area contributed by atoms with Crippen molar-refractivity contribution in [2.24, 2.45) is 0 Å². The molecule has 0 radical (unpaired) electrons. The average molecular weight is 397 g/mol. The number of benzene rings is 1. The van der Waals surface area contributed by atoms with Crippen LogP contribution in [-0.4, -0.2) is 48.5 Å². The number of anilines is 1. The Morgan fingerprint density at radius 1 is 1.25 bits per heavy atom. The van der Waals surface area contributed by atoms with Crippen LogP contribution >= 0.6 is 11.8 Å². The minimum absolute atomic E-state index is 0.0397. The van der Waals surface area contributed by atoms with Crippen LogP contribution in [0.4, 0.5) is 10.6 Å². The first-order valence-corrected chi connectivity index (χ1v) is 9.74. The summed E-state index contributed by atoms with van der Waals surface area (Å²) in [5, 5.41) is 1.90. The number of amides is 2. The molecule has 2 saturated heterocycles. The molecule has 1 aromatic heterocycles. The van der Waals surface area contributed by atoms with Gasteiger partial charge in [-0.1, -0.05) is 18.2 Å². The van der Waals surface area contributed by atoms with Crippen molar-refractivity contribution in [1.82, 2.24) is 10.3 Å². The third-order valence-corrected chi connectivity index (χ3v) is 5.18. The molecule has 2 fully saturated rings. The third kappa shape index (κ3) is 4.52. The van der Waals surface area contributed by atoms with Crippen molar-refractivity contribution in [3.05, 3.63) is 59.1 Å². The molecule has 28 heavy (non-hydrogen) atoms. The molecule has 0 saturated carbocycles. The van der Waals surface area contributed by atoms with E-state index in [1.165, 1.54) is 0 Å². The van der Waals surface area contributed by atoms with E-state index in [-0.39, 0.29) is 17.3 Å². The van der Waals surface area contributed by atoms with Gasteiger partial charge in [0, 0.05) is 19.3 Å². The molecule has 2 aliphatic heterocycles. The topological polar surface area (TPSA) is 80.8 Å². The number of hydrogen-bond acceptors (Lipinski definition) is 7. The van der Waals surface area contributed by atoms with Gasteiger partial charge in [-0.15, -0.1) is 0 Å². The highest BCUT2D eigenvalue weighted by Gasteiger charge is 2.25. The van der Waals surface area contributed by atoms with Crippen LogP contribution < -0.4 is 15.0 Å². The van der Waals surface area contributed by atoms with Crippen LogP contribution in [0.5, 0.6) is 5.75 Å². The van der Waals surface area contributed by atoms with Crippen molar-refractivity contribution >= 4 is 34.8 Å². The van der Waals surface area contributed by atoms with E-state index in [9.17, 15) is 9.59 Å². The zero-order chi connectivity index (χ0) is 19.3. The second-order valence-electron chi connectivity index (χ2n) is 6.36. The molecule has 4 rings (SSSR count). The highest BCUT2D eigenvalue weighted by molar-refractivity contribution is 8.18. The summed E-state index contributed by atoms with van der Waals surface area (Å²) in [7, 11) is 0. The summed E-state index contributed by atoms with van der Waals surface area (Å²) in [4.78, 5) is 29.8. The monoisotopic (exact) mass is 397 g/mol. The van der Waals surface area contributed by atoms with Crippen LogP contribution in [0.1, 0.15) is 5.56 Å². The van der Waals surface area contributed by atoms with Gasteiger partial charge in [0.2, 0.25) is 0 Å². The van der Waals surface area contributed by atoms with Gasteiger partial charge in [0.1, 0.15) is 24.3 Å². The molecule has 8 heteroatoms. The van der Waals surface area contributed by atoms with Gasteiger partial charge in [-0.05, 0) is 47.7 Å². The van der Waals surface area contributed by atoms with Crippen LogP contribution in [-0.2, 0) is 9.53 Å². The van der Waals surface area contributed by atoms with E-state index in [1.54, 1.807) is 12.3 Å². The molecule has 0 spiro atoms. The smallest absolute Gasteiger partial charge is 0.290 e. The predicted octanol–water partition coefficient (Wildman–Crippen LogP) is 2.69. The fraction of sp³-hybridized carbons (Fsp3) is 0.250. The summed E-state index contributed by atoms with van der Waals surface area (Å²) in [6.07, 6.45) is 3.43. The summed E-state index contributed by atoms with van der Waals surface area (Å²) in [5.74, 6) is 1.31. The number of hydrogen-bond donors (Lipinski definition) is 1. The molecule has 0 aliphatic carbocycles. The number of rotatable bonds is 5. The Morgan fingerprint density at radius 3 is 2.82 bits per heavy atom. The van der Waals surface area contributed by atoms with E-state index in [1.807, 2.05) is 42.5 Å². The highest BCUT2D eigenvalue weighted by atomic mass is 32.2. The lowest BCUT2D eigenvalue weighted by Crippen LogP contribution is -2.45. The van der Waals surface area contributed by atoms with E-state index in [0.29, 0.717) is 18.1 Å². The summed E-state index contributed by atoms with van der Waals surface area (Å²) < 4.78 is 11.7. The molecule has 2 aliphatic rings. The van der Waals surface area contributed by atoms with E-state index in [4.69, 9.17) is 9.47 Å². The highest BCUT2D eigenvalue weighted by Crippen LogP contribution is 2.26. The number of pyridine rings is 1. The molecule has 2 amide bonds. The maximum atomic E-state index is 11.6. The summed E-state index contributed by atoms with van der Waals surface area (Å²) in [6, 6.07) is 13.2. The largest absolute Gasteiger partial charge is 0.491 e. The normalized spacial score (nSPS) is 21.1. The molecule has 7 nitrogen and oxygen atoms in total. The number of ether oxygens (including phenoxy) is 2. The summed E-state index contributed by atoms with van der Waals surface area (Å²) >= 11 is 0.904. The number of morpholine rings is 1. The molecule has 1 atom stereocenters. The second-order valence-corrected chi connectivity index (χ2v) is 7.37. The maximum absolute atomic E-state index is 11.6. The van der Waals surface area contributed by atoms with Crippen molar-refractivity contribution in [3.63, 3.8) is 0 Å². The van der Waals surface area contributed by atoms with Crippen molar-refractivity contribution in [2.45, 2.75) is 6.10 Å². The van der Waals surface area contributed by atoms with Crippen molar-refractivity contribution in [3.8, 4) is 5.75 Å². The van der Waals surface area contributed by atoms with Crippen molar-refractivity contribution < 1.29 is 19.1 Å². The molecule has 1 aromatic carbocycles. The van der Waals surface area contributed by atoms with Gasteiger partial charge in [-0.2, -0.15) is 0 Å². The minimum atomic E-state index is -0.359. The lowest BCUT2D eigenvalue weighted by Gasteiger charge is -2.33. The van der Waals surface area contributed by atoms with E-state index in [2.05, 4.69) is 15.2 Å². The summed E-state index contributed by atoms with van der Waals surface area (Å²) in [6.45, 7) is 2.61. The van der Waals surface area contributed by atoms with Crippen molar-refractivity contribution in [2.75, 3.05) is 31.2 Å². The number of nitrogens with zero attached hydrogens (tertiary/aromatic N) is 2. The third-order valence-electron chi connectivity index (χ3n) is 4.37. The molecule has 1 unspecified atom stereocenters. The number of nitrogens with one attached hydrogen (secondary N) is 1. The first-order chi connectivity index (χ1) is 13.7. The fourth-order valence-electron chi connectivity index (χ4n) is 2.99. The molecular formula is C20H19N3O4S. The van der Waals surface area contributed by atoms with Gasteiger partial charge in [0.25, 0.3) is 11.1 Å². The lowest BCUT2D eigenvalue weighted by atomic mass is 10.2. The molecule has 0 bridgehead atoms. The Bertz CT molecular complexity index is 886. The Labute approximate surface area is 166 Å². The standard InChI is InChI=1S/C20H19N3O4S/c24-19-17(28-20(25)22-19)11-14-4-6-15(7-5-14)27-13-16-12-23(9-10-26-16)18-3-1-2-8-21-18/h1-8,11,16H,9-10,12-13H2,(H,22,24,25). The molecule has 144 valence electrons. The second kappa shape index (κ2) is 8.45. The van der Waals surface area contributed by atoms with Gasteiger partial charge in [0.05, 0.1) is 11.5 Å². The van der Waals surface area contributed by atoms with Crippen LogP contribution in [0.2, 0.25) is 0 Å².